The van der Waals surface area contributed by atoms with E-state index >= 15 is 0 Å². The number of hydrogen-bond donors (Lipinski definition) is 1. The van der Waals surface area contributed by atoms with Crippen molar-refractivity contribution >= 4 is 46.7 Å². The number of hydrazone groups is 1. The Morgan fingerprint density at radius 2 is 2.00 bits per heavy atom. The molecule has 10 heteroatoms. The Labute approximate surface area is 173 Å². The third kappa shape index (κ3) is 3.15. The highest BCUT2D eigenvalue weighted by Gasteiger charge is 2.55. The topological polar surface area (TPSA) is 83.6 Å². The van der Waals surface area contributed by atoms with E-state index in [4.69, 9.17) is 11.6 Å². The quantitative estimate of drug-likeness (QED) is 0.754. The number of amidine groups is 1. The van der Waals surface area contributed by atoms with Crippen molar-refractivity contribution in [1.29, 1.82) is 0 Å². The van der Waals surface area contributed by atoms with Gasteiger partial charge in [-0.25, -0.2) is 9.37 Å². The lowest BCUT2D eigenvalue weighted by molar-refractivity contribution is -0.559. The van der Waals surface area contributed by atoms with Gasteiger partial charge in [0.2, 0.25) is 11.9 Å². The van der Waals surface area contributed by atoms with Gasteiger partial charge in [-0.2, -0.15) is 0 Å². The summed E-state index contributed by atoms with van der Waals surface area (Å²) < 4.78 is 1.94. The molecule has 152 valence electrons. The van der Waals surface area contributed by atoms with Crippen molar-refractivity contribution in [3.8, 4) is 0 Å². The number of imide groups is 1. The molecule has 0 radical (unpaired) electrons. The van der Waals surface area contributed by atoms with Crippen molar-refractivity contribution in [2.24, 2.45) is 10.1 Å². The van der Waals surface area contributed by atoms with E-state index in [0.717, 1.165) is 16.3 Å². The summed E-state index contributed by atoms with van der Waals surface area (Å²) in [6, 6.07) is 6.39. The summed E-state index contributed by atoms with van der Waals surface area (Å²) >= 11 is 6.03. The summed E-state index contributed by atoms with van der Waals surface area (Å²) in [5.74, 6) is 0.748. The van der Waals surface area contributed by atoms with Crippen LogP contribution in [0.1, 0.15) is 13.8 Å². The maximum Gasteiger partial charge on any atom is 0.417 e. The number of carbonyl (C=O) groups excluding carboxylic acids is 2. The zero-order valence-electron chi connectivity index (χ0n) is 16.8. The second-order valence-electron chi connectivity index (χ2n) is 7.30. The van der Waals surface area contributed by atoms with Crippen molar-refractivity contribution in [1.82, 2.24) is 14.8 Å². The minimum absolute atomic E-state index is 0.104. The van der Waals surface area contributed by atoms with Gasteiger partial charge >= 0.3 is 12.0 Å². The van der Waals surface area contributed by atoms with Crippen LogP contribution >= 0.6 is 11.6 Å². The van der Waals surface area contributed by atoms with Gasteiger partial charge in [0.15, 0.2) is 0 Å². The molecule has 1 saturated heterocycles. The first-order valence-corrected chi connectivity index (χ1v) is 9.78. The van der Waals surface area contributed by atoms with Crippen LogP contribution in [0.3, 0.4) is 0 Å². The van der Waals surface area contributed by atoms with Crippen molar-refractivity contribution in [3.05, 3.63) is 29.3 Å². The number of benzene rings is 1. The summed E-state index contributed by atoms with van der Waals surface area (Å²) in [5, 5.41) is 10.4. The SMILES string of the molecule is CC1=NN(CCNc2cccc(Cl)c2)C2=[N+](C1C)C1C(=O)N(C)C(=O)N(C)C1=N2. The largest absolute Gasteiger partial charge is 0.417 e. The van der Waals surface area contributed by atoms with Crippen LogP contribution in [0.4, 0.5) is 10.5 Å². The molecule has 2 atom stereocenters. The van der Waals surface area contributed by atoms with E-state index in [1.807, 2.05) is 42.7 Å². The number of nitrogens with zero attached hydrogens (tertiary/aromatic N) is 6. The molecule has 29 heavy (non-hydrogen) atoms. The Morgan fingerprint density at radius 3 is 2.72 bits per heavy atom. The summed E-state index contributed by atoms with van der Waals surface area (Å²) in [6.07, 6.45) is 0. The molecule has 1 aromatic carbocycles. The molecule has 0 aromatic heterocycles. The summed E-state index contributed by atoms with van der Waals surface area (Å²) in [7, 11) is 3.14. The minimum Gasteiger partial charge on any atom is -0.382 e. The lowest BCUT2D eigenvalue weighted by atomic mass is 10.1. The van der Waals surface area contributed by atoms with E-state index in [-0.39, 0.29) is 18.0 Å². The highest BCUT2D eigenvalue weighted by molar-refractivity contribution is 6.30. The van der Waals surface area contributed by atoms with Crippen LogP contribution in [0.15, 0.2) is 34.4 Å². The van der Waals surface area contributed by atoms with E-state index in [1.54, 1.807) is 12.1 Å². The van der Waals surface area contributed by atoms with E-state index in [1.165, 1.54) is 11.9 Å². The normalized spacial score (nSPS) is 23.8. The van der Waals surface area contributed by atoms with Crippen LogP contribution in [0.2, 0.25) is 5.02 Å². The number of rotatable bonds is 4. The maximum absolute atomic E-state index is 12.9. The fraction of sp³-hybridized carbons (Fsp3) is 0.421. The number of nitrogens with one attached hydrogen (secondary N) is 1. The highest BCUT2D eigenvalue weighted by atomic mass is 35.5. The van der Waals surface area contributed by atoms with Gasteiger partial charge in [-0.1, -0.05) is 22.7 Å². The molecule has 0 bridgehead atoms. The molecular weight excluding hydrogens is 394 g/mol. The summed E-state index contributed by atoms with van der Waals surface area (Å²) in [5.41, 5.74) is 1.79. The molecule has 1 N–H and O–H groups in total. The molecule has 3 aliphatic heterocycles. The Morgan fingerprint density at radius 1 is 1.24 bits per heavy atom. The minimum atomic E-state index is -0.624. The molecule has 9 nitrogen and oxygen atoms in total. The van der Waals surface area contributed by atoms with Crippen molar-refractivity contribution < 1.29 is 14.2 Å². The smallest absolute Gasteiger partial charge is 0.382 e. The number of urea groups is 1. The molecule has 2 unspecified atom stereocenters. The molecule has 1 fully saturated rings. The molecule has 3 heterocycles. The maximum atomic E-state index is 12.9. The monoisotopic (exact) mass is 416 g/mol. The first-order valence-electron chi connectivity index (χ1n) is 9.41. The van der Waals surface area contributed by atoms with E-state index in [9.17, 15) is 9.59 Å². The number of anilines is 1. The molecule has 3 amide bonds. The second-order valence-corrected chi connectivity index (χ2v) is 7.73. The highest BCUT2D eigenvalue weighted by Crippen LogP contribution is 2.24. The zero-order chi connectivity index (χ0) is 20.9. The summed E-state index contributed by atoms with van der Waals surface area (Å²) in [4.78, 5) is 32.4. The van der Waals surface area contributed by atoms with Gasteiger partial charge in [0, 0.05) is 31.4 Å². The number of guanidine groups is 1. The Hall–Kier alpha value is -2.94. The first kappa shape index (κ1) is 19.4. The molecule has 0 spiro atoms. The summed E-state index contributed by atoms with van der Waals surface area (Å²) in [6.45, 7) is 5.06. The number of hydrogen-bond acceptors (Lipinski definition) is 6. The fourth-order valence-corrected chi connectivity index (χ4v) is 3.90. The molecular formula is C19H23ClN7O2+. The number of aliphatic imine (C=N–C) groups is 1. The average Bonchev–Trinajstić information content (AvgIpc) is 3.10. The lowest BCUT2D eigenvalue weighted by Crippen LogP contribution is -2.63. The fourth-order valence-electron chi connectivity index (χ4n) is 3.71. The lowest BCUT2D eigenvalue weighted by Gasteiger charge is -2.33. The van der Waals surface area contributed by atoms with Crippen LogP contribution in [-0.4, -0.2) is 88.1 Å². The number of fused-ring (bicyclic) bond motifs is 2. The van der Waals surface area contributed by atoms with Gasteiger partial charge in [0.25, 0.3) is 5.91 Å². The third-order valence-electron chi connectivity index (χ3n) is 5.46. The third-order valence-corrected chi connectivity index (χ3v) is 5.69. The standard InChI is InChI=1S/C19H23ClN7O2/c1-11-12(2)27-15-16(24(3)19(29)25(4)17(15)28)22-18(27)26(23-11)9-8-21-14-7-5-6-13(20)10-14/h5-7,10,12,15,21H,8-9H2,1-4H3/q+1. The molecule has 4 rings (SSSR count). The van der Waals surface area contributed by atoms with E-state index < -0.39 is 6.04 Å². The Bertz CT molecular complexity index is 987. The molecule has 0 aliphatic carbocycles. The number of amides is 3. The van der Waals surface area contributed by atoms with E-state index in [0.29, 0.717) is 29.9 Å². The number of halogens is 1. The van der Waals surface area contributed by atoms with Crippen LogP contribution in [0.25, 0.3) is 0 Å². The predicted octanol–water partition coefficient (Wildman–Crippen LogP) is 1.50. The Kier molecular flexibility index (Phi) is 4.77. The average molecular weight is 417 g/mol. The van der Waals surface area contributed by atoms with E-state index in [2.05, 4.69) is 15.4 Å². The number of likely N-dealkylation sites (N-methyl/N-ethyl adjacent to an activating group) is 2. The van der Waals surface area contributed by atoms with Crippen LogP contribution in [0.5, 0.6) is 0 Å². The van der Waals surface area contributed by atoms with Crippen LogP contribution < -0.4 is 5.32 Å². The van der Waals surface area contributed by atoms with Gasteiger partial charge < -0.3 is 5.32 Å². The number of carbonyl (C=O) groups is 2. The van der Waals surface area contributed by atoms with Crippen LogP contribution in [-0.2, 0) is 4.79 Å². The molecule has 1 aromatic rings. The molecule has 0 saturated carbocycles. The van der Waals surface area contributed by atoms with Gasteiger partial charge in [-0.05, 0) is 32.0 Å². The van der Waals surface area contributed by atoms with Gasteiger partial charge in [-0.3, -0.25) is 14.6 Å². The first-order chi connectivity index (χ1) is 13.8. The van der Waals surface area contributed by atoms with Gasteiger partial charge in [0.05, 0.1) is 5.71 Å². The predicted molar refractivity (Wildman–Crippen MR) is 112 cm³/mol. The second kappa shape index (κ2) is 7.14. The van der Waals surface area contributed by atoms with Crippen molar-refractivity contribution in [2.45, 2.75) is 25.9 Å². The molecule has 3 aliphatic rings. The van der Waals surface area contributed by atoms with Crippen LogP contribution in [0, 0.1) is 0 Å². The zero-order valence-corrected chi connectivity index (χ0v) is 17.5. The van der Waals surface area contributed by atoms with Gasteiger partial charge in [0.1, 0.15) is 12.6 Å². The van der Waals surface area contributed by atoms with Gasteiger partial charge in [-0.15, -0.1) is 10.1 Å². The van der Waals surface area contributed by atoms with Crippen molar-refractivity contribution in [2.75, 3.05) is 32.5 Å². The van der Waals surface area contributed by atoms with Crippen molar-refractivity contribution in [3.63, 3.8) is 0 Å². The Balaban J connectivity index is 1.59.